The van der Waals surface area contributed by atoms with Gasteiger partial charge in [-0.15, -0.1) is 11.3 Å². The van der Waals surface area contributed by atoms with Crippen molar-refractivity contribution in [3.05, 3.63) is 33.7 Å². The quantitative estimate of drug-likeness (QED) is 0.449. The Labute approximate surface area is 183 Å². The summed E-state index contributed by atoms with van der Waals surface area (Å²) in [6.45, 7) is 6.78. The van der Waals surface area contributed by atoms with E-state index in [2.05, 4.69) is 13.8 Å². The first-order chi connectivity index (χ1) is 14.4. The van der Waals surface area contributed by atoms with Gasteiger partial charge in [0.15, 0.2) is 0 Å². The molecule has 7 heteroatoms. The minimum absolute atomic E-state index is 0.0420. The number of nitrogens with zero attached hydrogens (tertiary/aromatic N) is 3. The summed E-state index contributed by atoms with van der Waals surface area (Å²) < 4.78 is 0. The van der Waals surface area contributed by atoms with E-state index in [1.54, 1.807) is 13.0 Å². The lowest BCUT2D eigenvalue weighted by molar-refractivity contribution is -0.141. The molecule has 162 valence electrons. The summed E-state index contributed by atoms with van der Waals surface area (Å²) in [6, 6.07) is 5.85. The zero-order chi connectivity index (χ0) is 22.3. The van der Waals surface area contributed by atoms with Crippen LogP contribution in [0, 0.1) is 17.2 Å². The number of carbonyl (C=O) groups excluding carboxylic acids is 2. The molecule has 1 atom stereocenters. The fourth-order valence-electron chi connectivity index (χ4n) is 3.50. The van der Waals surface area contributed by atoms with Crippen LogP contribution in [-0.4, -0.2) is 48.6 Å². The Bertz CT molecular complexity index is 878. The summed E-state index contributed by atoms with van der Waals surface area (Å²) >= 11 is 1.50. The van der Waals surface area contributed by atoms with Crippen molar-refractivity contribution in [3.8, 4) is 6.07 Å². The zero-order valence-electron chi connectivity index (χ0n) is 18.3. The van der Waals surface area contributed by atoms with Gasteiger partial charge < -0.3 is 10.0 Å². The number of aliphatic hydroxyl groups is 1. The number of hydrogen-bond acceptors (Lipinski definition) is 6. The number of carbonyl (C=O) groups is 2. The van der Waals surface area contributed by atoms with Gasteiger partial charge in [-0.2, -0.15) is 5.26 Å². The van der Waals surface area contributed by atoms with E-state index in [9.17, 15) is 14.9 Å². The average Bonchev–Trinajstić information content (AvgIpc) is 3.20. The second kappa shape index (κ2) is 11.1. The predicted octanol–water partition coefficient (Wildman–Crippen LogP) is 3.99. The van der Waals surface area contributed by atoms with Gasteiger partial charge in [-0.25, -0.2) is 0 Å². The molecule has 0 saturated carbocycles. The fraction of sp³-hybridized carbons (Fsp3) is 0.522. The number of thiophene rings is 1. The lowest BCUT2D eigenvalue weighted by Crippen LogP contribution is -2.45. The molecule has 2 rings (SSSR count). The molecule has 0 saturated heterocycles. The van der Waals surface area contributed by atoms with Gasteiger partial charge in [0.05, 0.1) is 11.6 Å². The molecule has 0 bridgehead atoms. The van der Waals surface area contributed by atoms with Crippen LogP contribution in [0.4, 0.5) is 5.00 Å². The fourth-order valence-corrected chi connectivity index (χ4v) is 4.44. The zero-order valence-corrected chi connectivity index (χ0v) is 19.1. The molecule has 1 aliphatic heterocycles. The molecule has 1 N–H and O–H groups in total. The van der Waals surface area contributed by atoms with Crippen molar-refractivity contribution in [1.82, 2.24) is 4.90 Å². The molecule has 1 unspecified atom stereocenters. The largest absolute Gasteiger partial charge is 0.395 e. The molecule has 0 radical (unpaired) electrons. The van der Waals surface area contributed by atoms with Crippen LogP contribution in [0.25, 0.3) is 6.08 Å². The summed E-state index contributed by atoms with van der Waals surface area (Å²) in [6.07, 6.45) is 5.72. The smallest absolute Gasteiger partial charge is 0.271 e. The number of unbranched alkanes of at least 4 members (excludes halogenated alkanes) is 1. The van der Waals surface area contributed by atoms with E-state index in [-0.39, 0.29) is 24.0 Å². The van der Waals surface area contributed by atoms with Gasteiger partial charge in [-0.3, -0.25) is 14.5 Å². The molecule has 30 heavy (non-hydrogen) atoms. The highest BCUT2D eigenvalue weighted by Crippen LogP contribution is 2.32. The first kappa shape index (κ1) is 23.8. The summed E-state index contributed by atoms with van der Waals surface area (Å²) in [5, 5.41) is 19.7. The van der Waals surface area contributed by atoms with Crippen molar-refractivity contribution in [1.29, 1.82) is 5.26 Å². The summed E-state index contributed by atoms with van der Waals surface area (Å²) in [5.41, 5.74) is 0.874. The first-order valence-electron chi connectivity index (χ1n) is 10.5. The summed E-state index contributed by atoms with van der Waals surface area (Å²) in [4.78, 5) is 30.1. The number of likely N-dealkylation sites (N-methyl/N-ethyl adjacent to an activating group) is 1. The Kier molecular flexibility index (Phi) is 8.82. The maximum absolute atomic E-state index is 13.2. The number of hydrogen-bond donors (Lipinski definition) is 1. The number of anilines is 1. The van der Waals surface area contributed by atoms with Crippen LogP contribution >= 0.6 is 11.3 Å². The van der Waals surface area contributed by atoms with E-state index in [0.717, 1.165) is 35.6 Å². The highest BCUT2D eigenvalue weighted by molar-refractivity contribution is 7.16. The third-order valence-electron chi connectivity index (χ3n) is 5.52. The summed E-state index contributed by atoms with van der Waals surface area (Å²) in [7, 11) is 1.89. The van der Waals surface area contributed by atoms with E-state index in [0.29, 0.717) is 24.2 Å². The predicted molar refractivity (Wildman–Crippen MR) is 121 cm³/mol. The Morgan fingerprint density at radius 2 is 2.03 bits per heavy atom. The third-order valence-corrected chi connectivity index (χ3v) is 6.67. The molecular formula is C23H31N3O3S. The van der Waals surface area contributed by atoms with E-state index in [1.807, 2.05) is 30.1 Å². The number of rotatable bonds is 10. The van der Waals surface area contributed by atoms with Gasteiger partial charge in [-0.05, 0) is 43.0 Å². The number of aliphatic hydroxyl groups excluding tert-OH is 1. The Morgan fingerprint density at radius 3 is 2.63 bits per heavy atom. The molecule has 0 fully saturated rings. The number of imide groups is 1. The van der Waals surface area contributed by atoms with Crippen molar-refractivity contribution < 1.29 is 14.7 Å². The number of nitriles is 1. The average molecular weight is 430 g/mol. The Hall–Kier alpha value is -2.43. The van der Waals surface area contributed by atoms with Crippen LogP contribution in [0.3, 0.4) is 0 Å². The van der Waals surface area contributed by atoms with Crippen LogP contribution in [0.15, 0.2) is 28.9 Å². The monoisotopic (exact) mass is 429 g/mol. The molecule has 0 aliphatic carbocycles. The van der Waals surface area contributed by atoms with E-state index < -0.39 is 5.91 Å². The molecule has 2 heterocycles. The molecule has 1 aliphatic rings. The molecule has 6 nitrogen and oxygen atoms in total. The van der Waals surface area contributed by atoms with Gasteiger partial charge in [-0.1, -0.05) is 33.1 Å². The van der Waals surface area contributed by atoms with Crippen molar-refractivity contribution in [2.75, 3.05) is 31.6 Å². The van der Waals surface area contributed by atoms with Crippen LogP contribution in [0.5, 0.6) is 0 Å². The lowest BCUT2D eigenvalue weighted by Gasteiger charge is -2.30. The van der Waals surface area contributed by atoms with E-state index in [1.165, 1.54) is 16.2 Å². The minimum Gasteiger partial charge on any atom is -0.395 e. The Balaban J connectivity index is 2.37. The molecule has 0 spiro atoms. The van der Waals surface area contributed by atoms with Crippen LogP contribution in [-0.2, 0) is 9.59 Å². The second-order valence-corrected chi connectivity index (χ2v) is 8.72. The SMILES string of the molecule is CCCCC(CC)CN1C(=O)C(C#N)=C(C)/C(=C/c2ccc(N(C)CCO)s2)C1=O. The van der Waals surface area contributed by atoms with Gasteiger partial charge in [0.1, 0.15) is 11.6 Å². The van der Waals surface area contributed by atoms with Gasteiger partial charge >= 0.3 is 0 Å². The van der Waals surface area contributed by atoms with Crippen LogP contribution in [0.2, 0.25) is 0 Å². The summed E-state index contributed by atoms with van der Waals surface area (Å²) in [5.74, 6) is -0.579. The topological polar surface area (TPSA) is 84.6 Å². The standard InChI is InChI=1S/C23H31N3O3S/c1-5-7-8-17(6-2)15-26-22(28)19(16(3)20(14-24)23(26)29)13-18-9-10-21(30-18)25(4)11-12-27/h9-10,13,17,27H,5-8,11-12,15H2,1-4H3/b19-13-. The number of amides is 2. The van der Waals surface area contributed by atoms with Crippen molar-refractivity contribution in [2.24, 2.45) is 5.92 Å². The molecular weight excluding hydrogens is 398 g/mol. The second-order valence-electron chi connectivity index (χ2n) is 7.63. The van der Waals surface area contributed by atoms with Crippen LogP contribution < -0.4 is 4.90 Å². The lowest BCUT2D eigenvalue weighted by atomic mass is 9.92. The molecule has 2 amide bonds. The Morgan fingerprint density at radius 1 is 1.30 bits per heavy atom. The maximum atomic E-state index is 13.2. The van der Waals surface area contributed by atoms with Gasteiger partial charge in [0.25, 0.3) is 11.8 Å². The van der Waals surface area contributed by atoms with Gasteiger partial charge in [0.2, 0.25) is 0 Å². The third kappa shape index (κ3) is 5.38. The van der Waals surface area contributed by atoms with E-state index >= 15 is 0 Å². The highest BCUT2D eigenvalue weighted by atomic mass is 32.1. The molecule has 1 aromatic rings. The highest BCUT2D eigenvalue weighted by Gasteiger charge is 2.36. The molecule has 0 aromatic carbocycles. The minimum atomic E-state index is -0.485. The van der Waals surface area contributed by atoms with Crippen molar-refractivity contribution in [2.45, 2.75) is 46.5 Å². The van der Waals surface area contributed by atoms with Crippen LogP contribution in [0.1, 0.15) is 51.3 Å². The molecule has 1 aromatic heterocycles. The normalized spacial score (nSPS) is 16.9. The van der Waals surface area contributed by atoms with Crippen molar-refractivity contribution in [3.63, 3.8) is 0 Å². The first-order valence-corrected chi connectivity index (χ1v) is 11.3. The maximum Gasteiger partial charge on any atom is 0.271 e. The van der Waals surface area contributed by atoms with Crippen molar-refractivity contribution >= 4 is 34.2 Å². The van der Waals surface area contributed by atoms with E-state index in [4.69, 9.17) is 5.11 Å². The van der Waals surface area contributed by atoms with Gasteiger partial charge in [0, 0.05) is 30.6 Å².